The maximum absolute atomic E-state index is 10.8. The number of aliphatic hydroxyl groups excluding tert-OH is 2. The molecule has 1 amide bonds. The molecule has 1 aromatic carbocycles. The van der Waals surface area contributed by atoms with Gasteiger partial charge in [-0.1, -0.05) is 6.07 Å². The van der Waals surface area contributed by atoms with Crippen molar-refractivity contribution < 1.29 is 29.6 Å². The Balaban J connectivity index is 3.10. The van der Waals surface area contributed by atoms with Crippen LogP contribution in [-0.2, 0) is 16.0 Å². The highest BCUT2D eigenvalue weighted by atomic mass is 16.5. The molecular formula is C12H15NO6. The minimum Gasteiger partial charge on any atom is -0.496 e. The molecule has 19 heavy (non-hydrogen) atoms. The van der Waals surface area contributed by atoms with Gasteiger partial charge in [0.15, 0.2) is 6.10 Å². The second-order valence-electron chi connectivity index (χ2n) is 3.93. The predicted octanol–water partition coefficient (Wildman–Crippen LogP) is -0.798. The van der Waals surface area contributed by atoms with E-state index in [0.717, 1.165) is 0 Å². The summed E-state index contributed by atoms with van der Waals surface area (Å²) >= 11 is 0. The zero-order chi connectivity index (χ0) is 14.6. The van der Waals surface area contributed by atoms with Gasteiger partial charge in [0, 0.05) is 5.56 Å². The van der Waals surface area contributed by atoms with Gasteiger partial charge < -0.3 is 25.8 Å². The van der Waals surface area contributed by atoms with Crippen LogP contribution in [0.5, 0.6) is 5.75 Å². The standard InChI is InChI=1S/C12H15NO6/c1-19-8-3-2-6(4-7(8)5-9(14)15)10(16)11(17)12(13)18/h2-4,10-11,16-17H,5H2,1H3,(H2,13,18)(H,14,15). The SMILES string of the molecule is COc1ccc(C(O)C(O)C(N)=O)cc1CC(=O)O. The highest BCUT2D eigenvalue weighted by Gasteiger charge is 2.24. The van der Waals surface area contributed by atoms with Crippen molar-refractivity contribution in [3.05, 3.63) is 29.3 Å². The topological polar surface area (TPSA) is 130 Å². The Morgan fingerprint density at radius 2 is 2.00 bits per heavy atom. The van der Waals surface area contributed by atoms with E-state index in [1.807, 2.05) is 0 Å². The molecule has 0 aliphatic rings. The minimum absolute atomic E-state index is 0.184. The van der Waals surface area contributed by atoms with E-state index in [4.69, 9.17) is 15.6 Å². The number of aliphatic hydroxyl groups is 2. The number of benzene rings is 1. The van der Waals surface area contributed by atoms with E-state index in [1.165, 1.54) is 25.3 Å². The highest BCUT2D eigenvalue weighted by Crippen LogP contribution is 2.25. The van der Waals surface area contributed by atoms with Crippen LogP contribution in [0.3, 0.4) is 0 Å². The number of methoxy groups -OCH3 is 1. The van der Waals surface area contributed by atoms with E-state index in [2.05, 4.69) is 0 Å². The molecule has 7 heteroatoms. The summed E-state index contributed by atoms with van der Waals surface area (Å²) in [5, 5.41) is 27.9. The summed E-state index contributed by atoms with van der Waals surface area (Å²) in [4.78, 5) is 21.5. The summed E-state index contributed by atoms with van der Waals surface area (Å²) in [6.07, 6.45) is -3.59. The van der Waals surface area contributed by atoms with Gasteiger partial charge in [-0.25, -0.2) is 0 Å². The Bertz CT molecular complexity index is 487. The lowest BCUT2D eigenvalue weighted by Gasteiger charge is -2.17. The van der Waals surface area contributed by atoms with Crippen molar-refractivity contribution >= 4 is 11.9 Å². The molecule has 0 spiro atoms. The van der Waals surface area contributed by atoms with Gasteiger partial charge in [-0.2, -0.15) is 0 Å². The van der Waals surface area contributed by atoms with E-state index in [0.29, 0.717) is 11.3 Å². The first-order valence-corrected chi connectivity index (χ1v) is 5.41. The number of carboxylic acid groups (broad SMARTS) is 1. The molecule has 0 fully saturated rings. The molecule has 2 atom stereocenters. The van der Waals surface area contributed by atoms with E-state index in [9.17, 15) is 19.8 Å². The summed E-state index contributed by atoms with van der Waals surface area (Å²) in [6, 6.07) is 4.22. The van der Waals surface area contributed by atoms with E-state index < -0.39 is 24.1 Å². The van der Waals surface area contributed by atoms with E-state index in [-0.39, 0.29) is 12.0 Å². The van der Waals surface area contributed by atoms with Crippen molar-refractivity contribution in [1.29, 1.82) is 0 Å². The average molecular weight is 269 g/mol. The van der Waals surface area contributed by atoms with Crippen LogP contribution in [0, 0.1) is 0 Å². The molecule has 7 nitrogen and oxygen atoms in total. The molecule has 1 rings (SSSR count). The highest BCUT2D eigenvalue weighted by molar-refractivity contribution is 5.79. The smallest absolute Gasteiger partial charge is 0.307 e. The molecule has 0 aliphatic carbocycles. The van der Waals surface area contributed by atoms with E-state index in [1.54, 1.807) is 0 Å². The second kappa shape index (κ2) is 6.17. The number of primary amides is 1. The first kappa shape index (κ1) is 14.9. The number of carboxylic acids is 1. The number of carbonyl (C=O) groups excluding carboxylic acids is 1. The number of amides is 1. The second-order valence-corrected chi connectivity index (χ2v) is 3.93. The molecule has 0 bridgehead atoms. The van der Waals surface area contributed by atoms with Crippen molar-refractivity contribution in [3.8, 4) is 5.75 Å². The van der Waals surface area contributed by atoms with Gasteiger partial charge in [0.25, 0.3) is 0 Å². The fraction of sp³-hybridized carbons (Fsp3) is 0.333. The van der Waals surface area contributed by atoms with Crippen molar-refractivity contribution in [2.75, 3.05) is 7.11 Å². The molecule has 1 aromatic rings. The predicted molar refractivity (Wildman–Crippen MR) is 64.5 cm³/mol. The van der Waals surface area contributed by atoms with Gasteiger partial charge in [0.2, 0.25) is 5.91 Å². The normalized spacial score (nSPS) is 13.6. The minimum atomic E-state index is -1.76. The number of aliphatic carboxylic acids is 1. The quantitative estimate of drug-likeness (QED) is 0.535. The number of ether oxygens (including phenoxy) is 1. The van der Waals surface area contributed by atoms with Crippen molar-refractivity contribution in [2.45, 2.75) is 18.6 Å². The van der Waals surface area contributed by atoms with Crippen LogP contribution in [0.25, 0.3) is 0 Å². The summed E-state index contributed by atoms with van der Waals surface area (Å²) in [6.45, 7) is 0. The Kier molecular flexibility index (Phi) is 4.85. The van der Waals surface area contributed by atoms with Gasteiger partial charge in [-0.15, -0.1) is 0 Å². The fourth-order valence-electron chi connectivity index (χ4n) is 1.62. The zero-order valence-corrected chi connectivity index (χ0v) is 10.2. The monoisotopic (exact) mass is 269 g/mol. The molecule has 2 unspecified atom stereocenters. The molecule has 0 aliphatic heterocycles. The van der Waals surface area contributed by atoms with Crippen LogP contribution >= 0.6 is 0 Å². The Morgan fingerprint density at radius 1 is 1.37 bits per heavy atom. The number of rotatable bonds is 6. The van der Waals surface area contributed by atoms with Crippen molar-refractivity contribution in [2.24, 2.45) is 5.73 Å². The third-order valence-corrected chi connectivity index (χ3v) is 2.58. The summed E-state index contributed by atoms with van der Waals surface area (Å²) < 4.78 is 4.99. The summed E-state index contributed by atoms with van der Waals surface area (Å²) in [5.41, 5.74) is 5.39. The van der Waals surface area contributed by atoms with Gasteiger partial charge in [0.05, 0.1) is 13.5 Å². The molecule has 5 N–H and O–H groups in total. The van der Waals surface area contributed by atoms with Crippen LogP contribution in [0.15, 0.2) is 18.2 Å². The number of nitrogens with two attached hydrogens (primary N) is 1. The van der Waals surface area contributed by atoms with Crippen LogP contribution in [0.2, 0.25) is 0 Å². The molecule has 0 heterocycles. The van der Waals surface area contributed by atoms with Crippen LogP contribution in [0.1, 0.15) is 17.2 Å². The summed E-state index contributed by atoms with van der Waals surface area (Å²) in [7, 11) is 1.38. The maximum atomic E-state index is 10.8. The lowest BCUT2D eigenvalue weighted by molar-refractivity contribution is -0.136. The average Bonchev–Trinajstić information content (AvgIpc) is 2.36. The molecule has 0 radical (unpaired) electrons. The Hall–Kier alpha value is -2.12. The van der Waals surface area contributed by atoms with Crippen LogP contribution < -0.4 is 10.5 Å². The largest absolute Gasteiger partial charge is 0.496 e. The van der Waals surface area contributed by atoms with Gasteiger partial charge in [-0.3, -0.25) is 9.59 Å². The molecule has 0 saturated heterocycles. The first-order chi connectivity index (χ1) is 8.86. The Labute approximate surface area is 109 Å². The third kappa shape index (κ3) is 3.67. The number of hydrogen-bond acceptors (Lipinski definition) is 5. The number of carbonyl (C=O) groups is 2. The third-order valence-electron chi connectivity index (χ3n) is 2.58. The molecule has 104 valence electrons. The van der Waals surface area contributed by atoms with Crippen molar-refractivity contribution in [1.82, 2.24) is 0 Å². The molecule has 0 aromatic heterocycles. The number of hydrogen-bond donors (Lipinski definition) is 4. The summed E-state index contributed by atoms with van der Waals surface area (Å²) in [5.74, 6) is -1.80. The maximum Gasteiger partial charge on any atom is 0.307 e. The molecular weight excluding hydrogens is 254 g/mol. The zero-order valence-electron chi connectivity index (χ0n) is 10.2. The van der Waals surface area contributed by atoms with Gasteiger partial charge in [-0.05, 0) is 17.7 Å². The molecule has 0 saturated carbocycles. The van der Waals surface area contributed by atoms with E-state index >= 15 is 0 Å². The van der Waals surface area contributed by atoms with Crippen LogP contribution in [0.4, 0.5) is 0 Å². The Morgan fingerprint density at radius 3 is 2.47 bits per heavy atom. The van der Waals surface area contributed by atoms with Crippen molar-refractivity contribution in [3.63, 3.8) is 0 Å². The van der Waals surface area contributed by atoms with Gasteiger partial charge >= 0.3 is 5.97 Å². The fourth-order valence-corrected chi connectivity index (χ4v) is 1.62. The lowest BCUT2D eigenvalue weighted by atomic mass is 9.99. The lowest BCUT2D eigenvalue weighted by Crippen LogP contribution is -2.33. The first-order valence-electron chi connectivity index (χ1n) is 5.41. The van der Waals surface area contributed by atoms with Crippen LogP contribution in [-0.4, -0.2) is 40.4 Å². The van der Waals surface area contributed by atoms with Gasteiger partial charge in [0.1, 0.15) is 11.9 Å².